The fourth-order valence-corrected chi connectivity index (χ4v) is 2.92. The van der Waals surface area contributed by atoms with Crippen molar-refractivity contribution in [3.8, 4) is 5.75 Å². The Labute approximate surface area is 135 Å². The lowest BCUT2D eigenvalue weighted by molar-refractivity contribution is -0.125. The summed E-state index contributed by atoms with van der Waals surface area (Å²) >= 11 is 0. The molecule has 0 spiro atoms. The quantitative estimate of drug-likeness (QED) is 0.932. The van der Waals surface area contributed by atoms with Gasteiger partial charge in [-0.15, -0.1) is 0 Å². The SMILES string of the molecule is Cc1nc(C)n(CCNC(=O)[C@H]2CCOc3ccccc3C2)n1. The van der Waals surface area contributed by atoms with Crippen molar-refractivity contribution in [2.75, 3.05) is 13.2 Å². The number of para-hydroxylation sites is 1. The van der Waals surface area contributed by atoms with Gasteiger partial charge in [0.2, 0.25) is 5.91 Å². The zero-order chi connectivity index (χ0) is 16.2. The Kier molecular flexibility index (Phi) is 4.60. The summed E-state index contributed by atoms with van der Waals surface area (Å²) in [5, 5.41) is 7.31. The highest BCUT2D eigenvalue weighted by atomic mass is 16.5. The van der Waals surface area contributed by atoms with Gasteiger partial charge in [-0.3, -0.25) is 4.79 Å². The number of rotatable bonds is 4. The molecule has 0 unspecified atom stereocenters. The molecule has 0 saturated carbocycles. The highest BCUT2D eigenvalue weighted by Gasteiger charge is 2.23. The van der Waals surface area contributed by atoms with E-state index in [4.69, 9.17) is 4.74 Å². The van der Waals surface area contributed by atoms with Crippen LogP contribution in [0.1, 0.15) is 23.6 Å². The molecule has 1 aliphatic heterocycles. The maximum absolute atomic E-state index is 12.4. The molecule has 122 valence electrons. The molecule has 3 rings (SSSR count). The minimum atomic E-state index is -0.0442. The molecule has 0 saturated heterocycles. The van der Waals surface area contributed by atoms with Crippen molar-refractivity contribution in [1.29, 1.82) is 0 Å². The molecule has 0 fully saturated rings. The van der Waals surface area contributed by atoms with Gasteiger partial charge >= 0.3 is 0 Å². The lowest BCUT2D eigenvalue weighted by Gasteiger charge is -2.14. The maximum Gasteiger partial charge on any atom is 0.223 e. The van der Waals surface area contributed by atoms with Gasteiger partial charge in [-0.25, -0.2) is 9.67 Å². The van der Waals surface area contributed by atoms with Crippen LogP contribution >= 0.6 is 0 Å². The Hall–Kier alpha value is -2.37. The number of carbonyl (C=O) groups excluding carboxylic acids is 1. The van der Waals surface area contributed by atoms with Gasteiger partial charge < -0.3 is 10.1 Å². The van der Waals surface area contributed by atoms with Gasteiger partial charge in [0.05, 0.1) is 13.2 Å². The summed E-state index contributed by atoms with van der Waals surface area (Å²) in [5.41, 5.74) is 1.10. The van der Waals surface area contributed by atoms with E-state index in [9.17, 15) is 4.79 Å². The maximum atomic E-state index is 12.4. The molecule has 0 bridgehead atoms. The van der Waals surface area contributed by atoms with E-state index in [0.717, 1.165) is 35.8 Å². The predicted octanol–water partition coefficient (Wildman–Crippen LogP) is 1.65. The van der Waals surface area contributed by atoms with E-state index in [-0.39, 0.29) is 11.8 Å². The first-order chi connectivity index (χ1) is 11.1. The van der Waals surface area contributed by atoms with Crippen LogP contribution in [0.4, 0.5) is 0 Å². The number of carbonyl (C=O) groups is 1. The van der Waals surface area contributed by atoms with Crippen LogP contribution in [0.5, 0.6) is 5.75 Å². The van der Waals surface area contributed by atoms with Gasteiger partial charge in [-0.1, -0.05) is 18.2 Å². The lowest BCUT2D eigenvalue weighted by atomic mass is 9.96. The third kappa shape index (κ3) is 3.70. The molecule has 2 aromatic rings. The summed E-state index contributed by atoms with van der Waals surface area (Å²) in [7, 11) is 0. The van der Waals surface area contributed by atoms with Crippen LogP contribution in [0.25, 0.3) is 0 Å². The molecule has 6 heteroatoms. The average molecular weight is 314 g/mol. The second kappa shape index (κ2) is 6.81. The van der Waals surface area contributed by atoms with Crippen molar-refractivity contribution >= 4 is 5.91 Å². The average Bonchev–Trinajstić information content (AvgIpc) is 2.74. The molecular weight excluding hydrogens is 292 g/mol. The standard InChI is InChI=1S/C17H22N4O2/c1-12-19-13(2)21(20-12)9-8-18-17(22)15-7-10-23-16-6-4-3-5-14(16)11-15/h3-6,15H,7-11H2,1-2H3,(H,18,22)/t15-/m0/s1. The number of fused-ring (bicyclic) bond motifs is 1. The number of ether oxygens (including phenoxy) is 1. The van der Waals surface area contributed by atoms with Crippen LogP contribution in [0.3, 0.4) is 0 Å². The molecule has 1 aliphatic rings. The van der Waals surface area contributed by atoms with Crippen molar-refractivity contribution in [3.63, 3.8) is 0 Å². The molecule has 0 radical (unpaired) electrons. The normalized spacial score (nSPS) is 17.0. The summed E-state index contributed by atoms with van der Waals surface area (Å²) in [6.07, 6.45) is 1.46. The van der Waals surface area contributed by atoms with Crippen molar-refractivity contribution in [2.45, 2.75) is 33.2 Å². The molecule has 2 heterocycles. The van der Waals surface area contributed by atoms with E-state index in [1.807, 2.05) is 42.8 Å². The number of nitrogens with one attached hydrogen (secondary N) is 1. The molecule has 1 aromatic heterocycles. The highest BCUT2D eigenvalue weighted by molar-refractivity contribution is 5.79. The van der Waals surface area contributed by atoms with Crippen LogP contribution in [0.15, 0.2) is 24.3 Å². The second-order valence-corrected chi connectivity index (χ2v) is 5.87. The number of nitrogens with zero attached hydrogens (tertiary/aromatic N) is 3. The molecule has 6 nitrogen and oxygen atoms in total. The molecule has 1 N–H and O–H groups in total. The molecule has 1 atom stereocenters. The van der Waals surface area contributed by atoms with Crippen LogP contribution in [-0.4, -0.2) is 33.8 Å². The number of hydrogen-bond acceptors (Lipinski definition) is 4. The summed E-state index contributed by atoms with van der Waals surface area (Å²) in [6.45, 7) is 5.56. The Balaban J connectivity index is 1.55. The van der Waals surface area contributed by atoms with Crippen molar-refractivity contribution < 1.29 is 9.53 Å². The smallest absolute Gasteiger partial charge is 0.223 e. The van der Waals surface area contributed by atoms with E-state index in [1.165, 1.54) is 0 Å². The molecular formula is C17H22N4O2. The summed E-state index contributed by atoms with van der Waals surface area (Å²) < 4.78 is 7.54. The van der Waals surface area contributed by atoms with Crippen LogP contribution in [0, 0.1) is 19.8 Å². The molecule has 1 amide bonds. The number of hydrogen-bond donors (Lipinski definition) is 1. The number of aromatic nitrogens is 3. The van der Waals surface area contributed by atoms with E-state index in [2.05, 4.69) is 15.4 Å². The Morgan fingerprint density at radius 1 is 1.39 bits per heavy atom. The van der Waals surface area contributed by atoms with Crippen LogP contribution in [0.2, 0.25) is 0 Å². The zero-order valence-corrected chi connectivity index (χ0v) is 13.6. The predicted molar refractivity (Wildman–Crippen MR) is 86.3 cm³/mol. The first-order valence-corrected chi connectivity index (χ1v) is 8.00. The van der Waals surface area contributed by atoms with Crippen molar-refractivity contribution in [2.24, 2.45) is 5.92 Å². The van der Waals surface area contributed by atoms with Crippen LogP contribution in [-0.2, 0) is 17.8 Å². The lowest BCUT2D eigenvalue weighted by Crippen LogP contribution is -2.34. The van der Waals surface area contributed by atoms with E-state index >= 15 is 0 Å². The number of aryl methyl sites for hydroxylation is 2. The zero-order valence-electron chi connectivity index (χ0n) is 13.6. The fraction of sp³-hybridized carbons (Fsp3) is 0.471. The minimum Gasteiger partial charge on any atom is -0.493 e. The van der Waals surface area contributed by atoms with E-state index in [1.54, 1.807) is 0 Å². The van der Waals surface area contributed by atoms with Gasteiger partial charge in [0, 0.05) is 12.5 Å². The third-order valence-corrected chi connectivity index (χ3v) is 4.12. The number of benzene rings is 1. The van der Waals surface area contributed by atoms with Crippen molar-refractivity contribution in [1.82, 2.24) is 20.1 Å². The first-order valence-electron chi connectivity index (χ1n) is 8.00. The van der Waals surface area contributed by atoms with Crippen LogP contribution < -0.4 is 10.1 Å². The highest BCUT2D eigenvalue weighted by Crippen LogP contribution is 2.26. The Morgan fingerprint density at radius 2 is 2.22 bits per heavy atom. The molecule has 1 aromatic carbocycles. The summed E-state index contributed by atoms with van der Waals surface area (Å²) in [6, 6.07) is 7.94. The third-order valence-electron chi connectivity index (χ3n) is 4.12. The monoisotopic (exact) mass is 314 g/mol. The van der Waals surface area contributed by atoms with Gasteiger partial charge in [0.1, 0.15) is 17.4 Å². The van der Waals surface area contributed by atoms with Gasteiger partial charge in [-0.05, 0) is 38.3 Å². The fourth-order valence-electron chi connectivity index (χ4n) is 2.92. The molecule has 23 heavy (non-hydrogen) atoms. The van der Waals surface area contributed by atoms with Gasteiger partial charge in [0.25, 0.3) is 0 Å². The number of amides is 1. The topological polar surface area (TPSA) is 69.0 Å². The van der Waals surface area contributed by atoms with Gasteiger partial charge in [-0.2, -0.15) is 5.10 Å². The van der Waals surface area contributed by atoms with Gasteiger partial charge in [0.15, 0.2) is 0 Å². The largest absolute Gasteiger partial charge is 0.493 e. The minimum absolute atomic E-state index is 0.0442. The van der Waals surface area contributed by atoms with E-state index < -0.39 is 0 Å². The van der Waals surface area contributed by atoms with Crippen molar-refractivity contribution in [3.05, 3.63) is 41.5 Å². The summed E-state index contributed by atoms with van der Waals surface area (Å²) in [4.78, 5) is 16.7. The molecule has 0 aliphatic carbocycles. The first kappa shape index (κ1) is 15.5. The second-order valence-electron chi connectivity index (χ2n) is 5.87. The van der Waals surface area contributed by atoms with E-state index in [0.29, 0.717) is 19.7 Å². The Morgan fingerprint density at radius 3 is 3.00 bits per heavy atom. The Bertz CT molecular complexity index is 696. The summed E-state index contributed by atoms with van der Waals surface area (Å²) in [5.74, 6) is 2.56.